The number of hydrazone groups is 1. The molecular formula is C23H27N3O4S. The second kappa shape index (κ2) is 12.8. The molecule has 3 rings (SSSR count). The molecular weight excluding hydrogens is 414 g/mol. The molecule has 1 heterocycles. The van der Waals surface area contributed by atoms with Gasteiger partial charge >= 0.3 is 0 Å². The lowest BCUT2D eigenvalue weighted by Gasteiger charge is -2.11. The third-order valence-electron chi connectivity index (χ3n) is 4.55. The minimum Gasteiger partial charge on any atom is -0.484 e. The third kappa shape index (κ3) is 8.82. The molecule has 7 nitrogen and oxygen atoms in total. The molecule has 8 heteroatoms. The van der Waals surface area contributed by atoms with Crippen molar-refractivity contribution in [3.05, 3.63) is 65.7 Å². The Morgan fingerprint density at radius 2 is 1.94 bits per heavy atom. The minimum absolute atomic E-state index is 0.0448. The quantitative estimate of drug-likeness (QED) is 0.414. The molecule has 0 spiro atoms. The average molecular weight is 442 g/mol. The Hall–Kier alpha value is -2.84. The van der Waals surface area contributed by atoms with Gasteiger partial charge in [-0.15, -0.1) is 11.8 Å². The van der Waals surface area contributed by atoms with Crippen LogP contribution in [0.1, 0.15) is 24.0 Å². The molecule has 0 aromatic heterocycles. The van der Waals surface area contributed by atoms with E-state index >= 15 is 0 Å². The molecule has 0 bridgehead atoms. The second-order valence-corrected chi connectivity index (χ2v) is 8.05. The van der Waals surface area contributed by atoms with Crippen LogP contribution in [0.4, 0.5) is 0 Å². The Morgan fingerprint density at radius 3 is 2.68 bits per heavy atom. The van der Waals surface area contributed by atoms with Crippen LogP contribution in [0.2, 0.25) is 0 Å². The first-order valence-corrected chi connectivity index (χ1v) is 11.4. The van der Waals surface area contributed by atoms with Crippen LogP contribution in [0.5, 0.6) is 5.75 Å². The lowest BCUT2D eigenvalue weighted by atomic mass is 10.2. The van der Waals surface area contributed by atoms with Gasteiger partial charge in [0.2, 0.25) is 5.91 Å². The largest absolute Gasteiger partial charge is 0.484 e. The van der Waals surface area contributed by atoms with Crippen LogP contribution in [0.15, 0.2) is 59.7 Å². The Bertz CT molecular complexity index is 853. The van der Waals surface area contributed by atoms with Crippen LogP contribution < -0.4 is 15.5 Å². The zero-order valence-electron chi connectivity index (χ0n) is 17.3. The minimum atomic E-state index is -0.172. The summed E-state index contributed by atoms with van der Waals surface area (Å²) in [5, 5.41) is 6.79. The highest BCUT2D eigenvalue weighted by Gasteiger charge is 2.16. The normalized spacial score (nSPS) is 15.7. The molecule has 1 atom stereocenters. The number of rotatable bonds is 11. The first kappa shape index (κ1) is 22.8. The molecule has 1 saturated heterocycles. The summed E-state index contributed by atoms with van der Waals surface area (Å²) in [7, 11) is 0. The Kier molecular flexibility index (Phi) is 9.40. The van der Waals surface area contributed by atoms with Crippen molar-refractivity contribution in [2.24, 2.45) is 5.10 Å². The van der Waals surface area contributed by atoms with Gasteiger partial charge in [-0.1, -0.05) is 30.3 Å². The summed E-state index contributed by atoms with van der Waals surface area (Å²) in [6.45, 7) is 1.24. The Labute approximate surface area is 186 Å². The summed E-state index contributed by atoms with van der Waals surface area (Å²) in [5.41, 5.74) is 4.52. The maximum atomic E-state index is 11.9. The van der Waals surface area contributed by atoms with Crippen LogP contribution in [-0.4, -0.2) is 49.6 Å². The molecule has 1 aliphatic rings. The van der Waals surface area contributed by atoms with Crippen LogP contribution in [0, 0.1) is 0 Å². The Morgan fingerprint density at radius 1 is 1.13 bits per heavy atom. The van der Waals surface area contributed by atoms with Gasteiger partial charge in [-0.3, -0.25) is 9.59 Å². The number of hydrogen-bond acceptors (Lipinski definition) is 6. The first-order chi connectivity index (χ1) is 15.2. The molecule has 2 aromatic carbocycles. The summed E-state index contributed by atoms with van der Waals surface area (Å²) < 4.78 is 11.0. The first-order valence-electron chi connectivity index (χ1n) is 10.2. The van der Waals surface area contributed by atoms with Crippen LogP contribution in [-0.2, 0) is 20.1 Å². The van der Waals surface area contributed by atoms with Crippen molar-refractivity contribution in [1.82, 2.24) is 10.7 Å². The molecule has 2 aromatic rings. The van der Waals surface area contributed by atoms with E-state index in [1.165, 1.54) is 17.3 Å². The number of ether oxygens (including phenoxy) is 2. The summed E-state index contributed by atoms with van der Waals surface area (Å²) >= 11 is 1.54. The van der Waals surface area contributed by atoms with Crippen molar-refractivity contribution >= 4 is 29.8 Å². The predicted octanol–water partition coefficient (Wildman–Crippen LogP) is 2.74. The molecule has 0 aliphatic carbocycles. The topological polar surface area (TPSA) is 89.0 Å². The second-order valence-electron chi connectivity index (χ2n) is 7.07. The number of hydrogen-bond donors (Lipinski definition) is 2. The summed E-state index contributed by atoms with van der Waals surface area (Å²) in [4.78, 5) is 23.7. The fourth-order valence-corrected chi connectivity index (χ4v) is 3.71. The highest BCUT2D eigenvalue weighted by Crippen LogP contribution is 2.13. The lowest BCUT2D eigenvalue weighted by Crippen LogP contribution is -2.35. The number of nitrogens with zero attached hydrogens (tertiary/aromatic N) is 1. The van der Waals surface area contributed by atoms with Gasteiger partial charge in [0.05, 0.1) is 18.1 Å². The fourth-order valence-electron chi connectivity index (χ4n) is 2.93. The van der Waals surface area contributed by atoms with Gasteiger partial charge in [-0.2, -0.15) is 5.10 Å². The predicted molar refractivity (Wildman–Crippen MR) is 122 cm³/mol. The van der Waals surface area contributed by atoms with Crippen LogP contribution in [0.3, 0.4) is 0 Å². The van der Waals surface area contributed by atoms with E-state index < -0.39 is 0 Å². The zero-order valence-corrected chi connectivity index (χ0v) is 18.1. The van der Waals surface area contributed by atoms with E-state index in [-0.39, 0.29) is 24.5 Å². The molecule has 0 unspecified atom stereocenters. The summed E-state index contributed by atoms with van der Waals surface area (Å²) in [5.74, 6) is 1.39. The molecule has 0 radical (unpaired) electrons. The van der Waals surface area contributed by atoms with E-state index in [0.717, 1.165) is 30.8 Å². The molecule has 0 saturated carbocycles. The number of carbonyl (C=O) groups excluding carboxylic acids is 2. The molecule has 1 aliphatic heterocycles. The lowest BCUT2D eigenvalue weighted by molar-refractivity contribution is -0.123. The van der Waals surface area contributed by atoms with Crippen molar-refractivity contribution < 1.29 is 19.1 Å². The molecule has 164 valence electrons. The van der Waals surface area contributed by atoms with Gasteiger partial charge in [0.25, 0.3) is 5.91 Å². The van der Waals surface area contributed by atoms with E-state index in [1.54, 1.807) is 30.5 Å². The number of thioether (sulfide) groups is 1. The van der Waals surface area contributed by atoms with Gasteiger partial charge in [-0.25, -0.2) is 5.43 Å². The summed E-state index contributed by atoms with van der Waals surface area (Å²) in [6, 6.07) is 17.1. The van der Waals surface area contributed by atoms with Crippen LogP contribution in [0.25, 0.3) is 0 Å². The summed E-state index contributed by atoms with van der Waals surface area (Å²) in [6.07, 6.45) is 3.71. The fraction of sp³-hybridized carbons (Fsp3) is 0.348. The van der Waals surface area contributed by atoms with E-state index in [4.69, 9.17) is 9.47 Å². The van der Waals surface area contributed by atoms with Crippen molar-refractivity contribution in [2.45, 2.75) is 24.7 Å². The Balaban J connectivity index is 1.30. The van der Waals surface area contributed by atoms with E-state index in [0.29, 0.717) is 18.0 Å². The zero-order chi connectivity index (χ0) is 21.7. The van der Waals surface area contributed by atoms with Gasteiger partial charge in [0.1, 0.15) is 5.75 Å². The molecule has 1 fully saturated rings. The van der Waals surface area contributed by atoms with Gasteiger partial charge in [0, 0.05) is 18.9 Å². The number of amides is 2. The van der Waals surface area contributed by atoms with Gasteiger partial charge in [-0.05, 0) is 48.2 Å². The van der Waals surface area contributed by atoms with E-state index in [9.17, 15) is 9.59 Å². The molecule has 2 amide bonds. The van der Waals surface area contributed by atoms with E-state index in [1.807, 2.05) is 30.3 Å². The maximum Gasteiger partial charge on any atom is 0.258 e. The van der Waals surface area contributed by atoms with Crippen molar-refractivity contribution in [3.63, 3.8) is 0 Å². The van der Waals surface area contributed by atoms with Gasteiger partial charge in [0.15, 0.2) is 6.61 Å². The molecule has 31 heavy (non-hydrogen) atoms. The average Bonchev–Trinajstić information content (AvgIpc) is 3.32. The van der Waals surface area contributed by atoms with Crippen molar-refractivity contribution in [2.75, 3.05) is 25.5 Å². The van der Waals surface area contributed by atoms with Crippen LogP contribution >= 0.6 is 11.8 Å². The maximum absolute atomic E-state index is 11.9. The SMILES string of the molecule is O=C(COc1ccc(/C=N\NC(=O)CSCc2ccccc2)cc1)NC[C@H]1CCCO1. The highest BCUT2D eigenvalue weighted by atomic mass is 32.2. The van der Waals surface area contributed by atoms with Crippen molar-refractivity contribution in [3.8, 4) is 5.75 Å². The third-order valence-corrected chi connectivity index (χ3v) is 5.55. The molecule has 2 N–H and O–H groups in total. The van der Waals surface area contributed by atoms with Crippen molar-refractivity contribution in [1.29, 1.82) is 0 Å². The highest BCUT2D eigenvalue weighted by molar-refractivity contribution is 7.99. The number of benzene rings is 2. The number of nitrogens with one attached hydrogen (secondary N) is 2. The smallest absolute Gasteiger partial charge is 0.258 e. The number of carbonyl (C=O) groups is 2. The van der Waals surface area contributed by atoms with E-state index in [2.05, 4.69) is 15.8 Å². The van der Waals surface area contributed by atoms with Gasteiger partial charge < -0.3 is 14.8 Å². The standard InChI is InChI=1S/C23H27N3O4S/c27-22(24-14-21-7-4-12-29-21)15-30-20-10-8-18(9-11-20)13-25-26-23(28)17-31-16-19-5-2-1-3-6-19/h1-3,5-6,8-11,13,21H,4,7,12,14-17H2,(H,24,27)(H,26,28)/b25-13-/t21-/m1/s1. The monoisotopic (exact) mass is 441 g/mol.